The minimum absolute atomic E-state index is 0.0532. The molecule has 2 aromatic rings. The number of aromatic amines is 1. The number of aromatic nitrogens is 2. The highest BCUT2D eigenvalue weighted by Crippen LogP contribution is 2.05. The lowest BCUT2D eigenvalue weighted by Crippen LogP contribution is -2.07. The molecule has 2 aromatic heterocycles. The summed E-state index contributed by atoms with van der Waals surface area (Å²) in [5.41, 5.74) is 1.13. The fraction of sp³-hybridized carbons (Fsp3) is 0.167. The van der Waals surface area contributed by atoms with E-state index in [9.17, 15) is 4.79 Å². The van der Waals surface area contributed by atoms with Crippen molar-refractivity contribution < 1.29 is 0 Å². The molecular formula is C12H15N3O. The summed E-state index contributed by atoms with van der Waals surface area (Å²) in [5, 5.41) is 0. The van der Waals surface area contributed by atoms with Gasteiger partial charge < -0.3 is 9.88 Å². The van der Waals surface area contributed by atoms with Crippen LogP contribution in [0.2, 0.25) is 0 Å². The Kier molecular flexibility index (Phi) is 4.79. The van der Waals surface area contributed by atoms with Crippen molar-refractivity contribution in [1.29, 1.82) is 0 Å². The summed E-state index contributed by atoms with van der Waals surface area (Å²) in [4.78, 5) is 18.6. The first-order valence-corrected chi connectivity index (χ1v) is 4.91. The smallest absolute Gasteiger partial charge is 0.247 e. The van der Waals surface area contributed by atoms with Gasteiger partial charge in [0.2, 0.25) is 5.56 Å². The number of rotatable bonds is 1. The normalized spacial score (nSPS) is 8.88. The second kappa shape index (κ2) is 6.40. The molecule has 0 fully saturated rings. The topological polar surface area (TPSA) is 49.0 Å². The van der Waals surface area contributed by atoms with Crippen LogP contribution in [0.3, 0.4) is 0 Å². The van der Waals surface area contributed by atoms with Crippen LogP contribution in [0.1, 0.15) is 0 Å². The van der Waals surface area contributed by atoms with Gasteiger partial charge in [0.05, 0.1) is 0 Å². The molecule has 0 saturated carbocycles. The van der Waals surface area contributed by atoms with Crippen LogP contribution in [-0.2, 0) is 0 Å². The van der Waals surface area contributed by atoms with Crippen molar-refractivity contribution in [3.05, 3.63) is 59.3 Å². The van der Waals surface area contributed by atoms with Gasteiger partial charge in [-0.15, -0.1) is 0 Å². The minimum Gasteiger partial charge on any atom is -0.378 e. The quantitative estimate of drug-likeness (QED) is 0.788. The number of nitrogens with one attached hydrogen (secondary N) is 1. The van der Waals surface area contributed by atoms with E-state index < -0.39 is 0 Å². The molecule has 0 saturated heterocycles. The number of pyridine rings is 2. The highest BCUT2D eigenvalue weighted by molar-refractivity contribution is 5.42. The van der Waals surface area contributed by atoms with Crippen LogP contribution in [0.4, 0.5) is 5.69 Å². The van der Waals surface area contributed by atoms with Crippen LogP contribution >= 0.6 is 0 Å². The van der Waals surface area contributed by atoms with E-state index in [0.29, 0.717) is 0 Å². The lowest BCUT2D eigenvalue weighted by atomic mass is 10.4. The average molecular weight is 217 g/mol. The average Bonchev–Trinajstić information content (AvgIpc) is 2.32. The first-order chi connectivity index (χ1) is 7.70. The van der Waals surface area contributed by atoms with Gasteiger partial charge in [0.25, 0.3) is 0 Å². The van der Waals surface area contributed by atoms with E-state index in [1.54, 1.807) is 30.7 Å². The molecule has 1 N–H and O–H groups in total. The van der Waals surface area contributed by atoms with E-state index in [1.807, 2.05) is 31.1 Å². The lowest BCUT2D eigenvalue weighted by molar-refractivity contribution is 1.12. The van der Waals surface area contributed by atoms with Gasteiger partial charge in [-0.1, -0.05) is 6.07 Å². The van der Waals surface area contributed by atoms with Crippen LogP contribution in [0.25, 0.3) is 0 Å². The molecule has 4 nitrogen and oxygen atoms in total. The third-order valence-corrected chi connectivity index (χ3v) is 1.86. The Labute approximate surface area is 94.6 Å². The van der Waals surface area contributed by atoms with Crippen molar-refractivity contribution in [2.24, 2.45) is 0 Å². The Morgan fingerprint density at radius 3 is 2.12 bits per heavy atom. The van der Waals surface area contributed by atoms with E-state index in [-0.39, 0.29) is 5.56 Å². The molecule has 2 heterocycles. The zero-order chi connectivity index (χ0) is 11.8. The number of hydrogen-bond donors (Lipinski definition) is 1. The largest absolute Gasteiger partial charge is 0.378 e. The van der Waals surface area contributed by atoms with Crippen molar-refractivity contribution in [3.63, 3.8) is 0 Å². The zero-order valence-corrected chi connectivity index (χ0v) is 9.42. The summed E-state index contributed by atoms with van der Waals surface area (Å²) in [6.07, 6.45) is 5.17. The maximum atomic E-state index is 10.2. The van der Waals surface area contributed by atoms with Gasteiger partial charge in [0.1, 0.15) is 0 Å². The second-order valence-corrected chi connectivity index (χ2v) is 3.33. The predicted molar refractivity (Wildman–Crippen MR) is 65.6 cm³/mol. The molecule has 84 valence electrons. The van der Waals surface area contributed by atoms with Crippen LogP contribution < -0.4 is 10.5 Å². The molecule has 0 radical (unpaired) electrons. The Morgan fingerprint density at radius 2 is 1.81 bits per heavy atom. The SMILES string of the molecule is CN(C)c1ccncc1.O=c1cccc[nH]1. The minimum atomic E-state index is -0.0532. The highest BCUT2D eigenvalue weighted by Gasteiger charge is 1.88. The third-order valence-electron chi connectivity index (χ3n) is 1.86. The number of hydrogen-bond acceptors (Lipinski definition) is 3. The fourth-order valence-electron chi connectivity index (χ4n) is 1.02. The summed E-state index contributed by atoms with van der Waals surface area (Å²) >= 11 is 0. The lowest BCUT2D eigenvalue weighted by Gasteiger charge is -2.10. The Hall–Kier alpha value is -2.10. The van der Waals surface area contributed by atoms with Crippen molar-refractivity contribution >= 4 is 5.69 Å². The molecule has 0 atom stereocenters. The Balaban J connectivity index is 0.000000165. The van der Waals surface area contributed by atoms with Gasteiger partial charge in [0, 0.05) is 44.4 Å². The Morgan fingerprint density at radius 1 is 1.12 bits per heavy atom. The van der Waals surface area contributed by atoms with E-state index in [1.165, 1.54) is 11.8 Å². The first-order valence-electron chi connectivity index (χ1n) is 4.91. The zero-order valence-electron chi connectivity index (χ0n) is 9.42. The van der Waals surface area contributed by atoms with Gasteiger partial charge >= 0.3 is 0 Å². The molecule has 0 aromatic carbocycles. The molecule has 0 aliphatic rings. The van der Waals surface area contributed by atoms with Gasteiger partial charge in [-0.05, 0) is 18.2 Å². The molecule has 0 spiro atoms. The van der Waals surface area contributed by atoms with E-state index in [0.717, 1.165) is 0 Å². The standard InChI is InChI=1S/C7H10N2.C5H5NO/c1-9(2)7-3-5-8-6-4-7;7-5-3-1-2-4-6-5/h3-6H,1-2H3;1-4H,(H,6,7). The maximum Gasteiger partial charge on any atom is 0.247 e. The summed E-state index contributed by atoms with van der Waals surface area (Å²) in [7, 11) is 4.02. The van der Waals surface area contributed by atoms with Crippen molar-refractivity contribution in [2.75, 3.05) is 19.0 Å². The molecule has 0 aliphatic heterocycles. The van der Waals surface area contributed by atoms with Crippen molar-refractivity contribution in [3.8, 4) is 0 Å². The van der Waals surface area contributed by atoms with E-state index >= 15 is 0 Å². The number of nitrogens with zero attached hydrogens (tertiary/aromatic N) is 2. The molecule has 0 bridgehead atoms. The van der Waals surface area contributed by atoms with Gasteiger partial charge in [0.15, 0.2) is 0 Å². The summed E-state index contributed by atoms with van der Waals surface area (Å²) in [5.74, 6) is 0. The summed E-state index contributed by atoms with van der Waals surface area (Å²) in [6.45, 7) is 0. The maximum absolute atomic E-state index is 10.2. The predicted octanol–water partition coefficient (Wildman–Crippen LogP) is 1.52. The monoisotopic (exact) mass is 217 g/mol. The first kappa shape index (κ1) is 12.0. The molecule has 0 amide bonds. The van der Waals surface area contributed by atoms with Crippen molar-refractivity contribution in [1.82, 2.24) is 9.97 Å². The van der Waals surface area contributed by atoms with Crippen LogP contribution in [0.15, 0.2) is 53.7 Å². The van der Waals surface area contributed by atoms with Crippen LogP contribution in [0, 0.1) is 0 Å². The molecule has 4 heteroatoms. The summed E-state index contributed by atoms with van der Waals surface area (Å²) in [6, 6.07) is 8.88. The molecule has 16 heavy (non-hydrogen) atoms. The van der Waals surface area contributed by atoms with Gasteiger partial charge in [-0.3, -0.25) is 9.78 Å². The third kappa shape index (κ3) is 4.41. The Bertz CT molecular complexity index is 434. The van der Waals surface area contributed by atoms with Crippen LogP contribution in [-0.4, -0.2) is 24.1 Å². The van der Waals surface area contributed by atoms with E-state index in [2.05, 4.69) is 9.97 Å². The molecule has 0 aliphatic carbocycles. The number of H-pyrrole nitrogens is 1. The van der Waals surface area contributed by atoms with Crippen molar-refractivity contribution in [2.45, 2.75) is 0 Å². The van der Waals surface area contributed by atoms with Crippen LogP contribution in [0.5, 0.6) is 0 Å². The number of anilines is 1. The molecular weight excluding hydrogens is 202 g/mol. The molecule has 0 unspecified atom stereocenters. The highest BCUT2D eigenvalue weighted by atomic mass is 16.1. The van der Waals surface area contributed by atoms with Gasteiger partial charge in [-0.25, -0.2) is 0 Å². The van der Waals surface area contributed by atoms with E-state index in [4.69, 9.17) is 0 Å². The second-order valence-electron chi connectivity index (χ2n) is 3.33. The summed E-state index contributed by atoms with van der Waals surface area (Å²) < 4.78 is 0. The van der Waals surface area contributed by atoms with Gasteiger partial charge in [-0.2, -0.15) is 0 Å². The fourth-order valence-corrected chi connectivity index (χ4v) is 1.02. The molecule has 2 rings (SSSR count).